The average Bonchev–Trinajstić information content (AvgIpc) is 3.32. The molecule has 4 heterocycles. The van der Waals surface area contributed by atoms with Crippen LogP contribution in [0.3, 0.4) is 0 Å². The van der Waals surface area contributed by atoms with Crippen molar-refractivity contribution in [3.8, 4) is 5.82 Å². The summed E-state index contributed by atoms with van der Waals surface area (Å²) < 4.78 is 6.71. The number of hydrogen-bond donors (Lipinski definition) is 0. The largest absolute Gasteiger partial charge is 0.361 e. The van der Waals surface area contributed by atoms with Gasteiger partial charge in [0.1, 0.15) is 17.4 Å². The van der Waals surface area contributed by atoms with Crippen LogP contribution in [-0.2, 0) is 0 Å². The molecule has 134 valence electrons. The number of nitrogens with zero attached hydrogens (tertiary/aromatic N) is 7. The molecule has 1 fully saturated rings. The minimum atomic E-state index is -0.0994. The maximum absolute atomic E-state index is 12.5. The molecule has 0 bridgehead atoms. The predicted molar refractivity (Wildman–Crippen MR) is 93.2 cm³/mol. The Morgan fingerprint density at radius 3 is 2.50 bits per heavy atom. The number of aromatic nitrogens is 5. The van der Waals surface area contributed by atoms with E-state index in [4.69, 9.17) is 4.52 Å². The van der Waals surface area contributed by atoms with Gasteiger partial charge >= 0.3 is 0 Å². The number of piperazine rings is 1. The van der Waals surface area contributed by atoms with Crippen molar-refractivity contribution in [2.75, 3.05) is 31.1 Å². The number of aryl methyl sites for hydroxylation is 2. The van der Waals surface area contributed by atoms with Crippen LogP contribution in [0.15, 0.2) is 35.1 Å². The number of carbonyl (C=O) groups excluding carboxylic acids is 1. The van der Waals surface area contributed by atoms with E-state index >= 15 is 0 Å². The lowest BCUT2D eigenvalue weighted by atomic mass is 10.2. The number of hydrogen-bond acceptors (Lipinski definition) is 7. The number of rotatable bonds is 3. The molecule has 0 saturated carbocycles. The molecule has 9 nitrogen and oxygen atoms in total. The van der Waals surface area contributed by atoms with E-state index in [0.717, 1.165) is 11.6 Å². The van der Waals surface area contributed by atoms with Crippen molar-refractivity contribution in [3.63, 3.8) is 0 Å². The van der Waals surface area contributed by atoms with Crippen LogP contribution in [-0.4, -0.2) is 61.9 Å². The van der Waals surface area contributed by atoms with E-state index in [-0.39, 0.29) is 5.91 Å². The highest BCUT2D eigenvalue weighted by molar-refractivity contribution is 5.92. The van der Waals surface area contributed by atoms with Crippen molar-refractivity contribution in [2.24, 2.45) is 0 Å². The summed E-state index contributed by atoms with van der Waals surface area (Å²) in [5.41, 5.74) is 0.356. The lowest BCUT2D eigenvalue weighted by Crippen LogP contribution is -2.49. The third kappa shape index (κ3) is 3.15. The van der Waals surface area contributed by atoms with E-state index in [0.29, 0.717) is 43.5 Å². The molecular weight excluding hydrogens is 334 g/mol. The number of amides is 1. The summed E-state index contributed by atoms with van der Waals surface area (Å²) in [6.45, 7) is 6.23. The first-order chi connectivity index (χ1) is 12.6. The van der Waals surface area contributed by atoms with Crippen LogP contribution in [0.1, 0.15) is 22.1 Å². The maximum Gasteiger partial charge on any atom is 0.276 e. The molecule has 1 aliphatic rings. The summed E-state index contributed by atoms with van der Waals surface area (Å²) in [6, 6.07) is 5.43. The Hall–Kier alpha value is -3.23. The molecule has 1 amide bonds. The molecule has 3 aromatic heterocycles. The summed E-state index contributed by atoms with van der Waals surface area (Å²) >= 11 is 0. The van der Waals surface area contributed by atoms with Gasteiger partial charge in [-0.05, 0) is 19.9 Å². The quantitative estimate of drug-likeness (QED) is 0.699. The fourth-order valence-corrected chi connectivity index (χ4v) is 2.99. The van der Waals surface area contributed by atoms with E-state index in [1.54, 1.807) is 28.8 Å². The second-order valence-corrected chi connectivity index (χ2v) is 6.18. The van der Waals surface area contributed by atoms with Crippen molar-refractivity contribution in [1.82, 2.24) is 29.8 Å². The van der Waals surface area contributed by atoms with Gasteiger partial charge in [-0.15, -0.1) is 0 Å². The first kappa shape index (κ1) is 16.2. The molecule has 1 aliphatic heterocycles. The van der Waals surface area contributed by atoms with Gasteiger partial charge in [0.15, 0.2) is 11.5 Å². The van der Waals surface area contributed by atoms with Crippen LogP contribution < -0.4 is 4.90 Å². The zero-order chi connectivity index (χ0) is 18.1. The molecular formula is C17H19N7O2. The van der Waals surface area contributed by atoms with Crippen molar-refractivity contribution >= 4 is 11.7 Å². The number of anilines is 1. The molecule has 0 spiro atoms. The summed E-state index contributed by atoms with van der Waals surface area (Å²) in [5.74, 6) is 2.79. The van der Waals surface area contributed by atoms with Crippen LogP contribution in [0.2, 0.25) is 0 Å². The standard InChI is InChI=1S/C17H19N7O2/c1-12-10-14(21-26-12)17(25)23-8-6-22(7-9-23)15-11-16(20-13(2)19-15)24-5-3-4-18-24/h3-5,10-11H,6-9H2,1-2H3. The fraction of sp³-hybridized carbons (Fsp3) is 0.353. The van der Waals surface area contributed by atoms with Gasteiger partial charge in [0.05, 0.1) is 0 Å². The third-order valence-electron chi connectivity index (χ3n) is 4.29. The normalized spacial score (nSPS) is 14.7. The summed E-state index contributed by atoms with van der Waals surface area (Å²) in [5, 5.41) is 8.03. The van der Waals surface area contributed by atoms with Crippen molar-refractivity contribution < 1.29 is 9.32 Å². The Morgan fingerprint density at radius 2 is 1.85 bits per heavy atom. The zero-order valence-electron chi connectivity index (χ0n) is 14.7. The SMILES string of the molecule is Cc1nc(N2CCN(C(=O)c3cc(C)on3)CC2)cc(-n2cccn2)n1. The smallest absolute Gasteiger partial charge is 0.276 e. The van der Waals surface area contributed by atoms with Crippen LogP contribution in [0.4, 0.5) is 5.82 Å². The Bertz CT molecular complexity index is 911. The predicted octanol–water partition coefficient (Wildman–Crippen LogP) is 1.23. The second-order valence-electron chi connectivity index (χ2n) is 6.18. The summed E-state index contributed by atoms with van der Waals surface area (Å²) in [6.07, 6.45) is 3.56. The van der Waals surface area contributed by atoms with Crippen molar-refractivity contribution in [1.29, 1.82) is 0 Å². The Kier molecular flexibility index (Phi) is 4.11. The second kappa shape index (κ2) is 6.58. The molecule has 4 rings (SSSR count). The topological polar surface area (TPSA) is 93.2 Å². The summed E-state index contributed by atoms with van der Waals surface area (Å²) in [4.78, 5) is 25.4. The van der Waals surface area contributed by atoms with Gasteiger partial charge in [-0.3, -0.25) is 4.79 Å². The van der Waals surface area contributed by atoms with Crippen LogP contribution in [0, 0.1) is 13.8 Å². The first-order valence-corrected chi connectivity index (χ1v) is 8.43. The molecule has 9 heteroatoms. The lowest BCUT2D eigenvalue weighted by Gasteiger charge is -2.35. The van der Waals surface area contributed by atoms with E-state index < -0.39 is 0 Å². The maximum atomic E-state index is 12.5. The molecule has 26 heavy (non-hydrogen) atoms. The molecule has 3 aromatic rings. The average molecular weight is 353 g/mol. The van der Waals surface area contributed by atoms with Gasteiger partial charge in [0, 0.05) is 50.7 Å². The van der Waals surface area contributed by atoms with Crippen molar-refractivity contribution in [3.05, 3.63) is 47.9 Å². The highest BCUT2D eigenvalue weighted by atomic mass is 16.5. The van der Waals surface area contributed by atoms with Gasteiger partial charge in [-0.2, -0.15) is 5.10 Å². The van der Waals surface area contributed by atoms with Gasteiger partial charge in [0.25, 0.3) is 5.91 Å². The third-order valence-corrected chi connectivity index (χ3v) is 4.29. The Balaban J connectivity index is 1.47. The van der Waals surface area contributed by atoms with Gasteiger partial charge < -0.3 is 14.3 Å². The van der Waals surface area contributed by atoms with Crippen LogP contribution in [0.5, 0.6) is 0 Å². The van der Waals surface area contributed by atoms with Gasteiger partial charge in [0.2, 0.25) is 0 Å². The van der Waals surface area contributed by atoms with E-state index in [1.165, 1.54) is 0 Å². The Morgan fingerprint density at radius 1 is 1.08 bits per heavy atom. The highest BCUT2D eigenvalue weighted by Crippen LogP contribution is 2.18. The van der Waals surface area contributed by atoms with Crippen LogP contribution in [0.25, 0.3) is 5.82 Å². The van der Waals surface area contributed by atoms with Gasteiger partial charge in [-0.1, -0.05) is 5.16 Å². The van der Waals surface area contributed by atoms with Crippen molar-refractivity contribution in [2.45, 2.75) is 13.8 Å². The monoisotopic (exact) mass is 353 g/mol. The van der Waals surface area contributed by atoms with Crippen LogP contribution >= 0.6 is 0 Å². The zero-order valence-corrected chi connectivity index (χ0v) is 14.7. The minimum absolute atomic E-state index is 0.0994. The molecule has 0 radical (unpaired) electrons. The first-order valence-electron chi connectivity index (χ1n) is 8.43. The van der Waals surface area contributed by atoms with E-state index in [9.17, 15) is 4.79 Å². The van der Waals surface area contributed by atoms with Gasteiger partial charge in [-0.25, -0.2) is 14.6 Å². The molecule has 0 unspecified atom stereocenters. The minimum Gasteiger partial charge on any atom is -0.361 e. The molecule has 0 aliphatic carbocycles. The molecule has 0 atom stereocenters. The fourth-order valence-electron chi connectivity index (χ4n) is 2.99. The Labute approximate surface area is 150 Å². The number of carbonyl (C=O) groups is 1. The van der Waals surface area contributed by atoms with E-state index in [1.807, 2.05) is 25.3 Å². The molecule has 0 N–H and O–H groups in total. The molecule has 0 aromatic carbocycles. The highest BCUT2D eigenvalue weighted by Gasteiger charge is 2.25. The summed E-state index contributed by atoms with van der Waals surface area (Å²) in [7, 11) is 0. The molecule has 1 saturated heterocycles. The van der Waals surface area contributed by atoms with E-state index in [2.05, 4.69) is 25.1 Å². The lowest BCUT2D eigenvalue weighted by molar-refractivity contribution is 0.0736.